The molecule has 2 heterocycles. The average molecular weight is 640 g/mol. The maximum absolute atomic E-state index is 13.3. The first kappa shape index (κ1) is 31.9. The van der Waals surface area contributed by atoms with Crippen LogP contribution in [0.1, 0.15) is 28.9 Å². The molecule has 5 rings (SSSR count). The summed E-state index contributed by atoms with van der Waals surface area (Å²) in [6.07, 6.45) is -0.276. The molecular formula is C32H34FN3O8S. The van der Waals surface area contributed by atoms with Gasteiger partial charge in [-0.3, -0.25) is 18.8 Å². The lowest BCUT2D eigenvalue weighted by Crippen LogP contribution is -2.39. The van der Waals surface area contributed by atoms with Crippen molar-refractivity contribution in [1.29, 1.82) is 0 Å². The SMILES string of the molecule is CNC(=O)c1c(-c2ccc(Oc3ccc(F)cc3)cc2)oc2cc3c(cc12)[C@H](C)O[C@H](COC(=O)CN(C)C)CN3S(C)(=O)=O. The molecule has 1 N–H and O–H groups in total. The summed E-state index contributed by atoms with van der Waals surface area (Å²) in [4.78, 5) is 27.0. The number of furan rings is 1. The number of likely N-dealkylation sites (N-methyl/N-ethyl adjacent to an activating group) is 1. The number of rotatable bonds is 9. The number of anilines is 1. The van der Waals surface area contributed by atoms with Crippen LogP contribution in [-0.4, -0.2) is 78.4 Å². The van der Waals surface area contributed by atoms with Crippen LogP contribution in [0.4, 0.5) is 10.1 Å². The molecule has 0 fully saturated rings. The van der Waals surface area contributed by atoms with Gasteiger partial charge in [0.1, 0.15) is 41.4 Å². The molecule has 1 aromatic heterocycles. The van der Waals surface area contributed by atoms with Crippen molar-refractivity contribution in [2.24, 2.45) is 0 Å². The van der Waals surface area contributed by atoms with Crippen LogP contribution < -0.4 is 14.4 Å². The summed E-state index contributed by atoms with van der Waals surface area (Å²) < 4.78 is 64.1. The summed E-state index contributed by atoms with van der Waals surface area (Å²) >= 11 is 0. The number of sulfonamides is 1. The number of nitrogens with zero attached hydrogens (tertiary/aromatic N) is 2. The van der Waals surface area contributed by atoms with E-state index in [0.717, 1.165) is 6.26 Å². The highest BCUT2D eigenvalue weighted by molar-refractivity contribution is 7.92. The Hall–Kier alpha value is -4.46. The molecule has 0 saturated carbocycles. The summed E-state index contributed by atoms with van der Waals surface area (Å²) in [6.45, 7) is 1.61. The minimum absolute atomic E-state index is 0.0727. The molecule has 0 saturated heterocycles. The van der Waals surface area contributed by atoms with E-state index < -0.39 is 34.1 Å². The number of carbonyl (C=O) groups is 2. The Balaban J connectivity index is 1.52. The second kappa shape index (κ2) is 12.9. The number of hydrogen-bond acceptors (Lipinski definition) is 9. The van der Waals surface area contributed by atoms with Gasteiger partial charge in [-0.25, -0.2) is 12.8 Å². The molecule has 0 unspecified atom stereocenters. The van der Waals surface area contributed by atoms with E-state index in [-0.39, 0.29) is 36.8 Å². The van der Waals surface area contributed by atoms with E-state index in [4.69, 9.17) is 18.6 Å². The molecule has 0 bridgehead atoms. The third kappa shape index (κ3) is 7.11. The number of hydrogen-bond donors (Lipinski definition) is 1. The Morgan fingerprint density at radius 1 is 1.07 bits per heavy atom. The van der Waals surface area contributed by atoms with E-state index in [9.17, 15) is 22.4 Å². The van der Waals surface area contributed by atoms with Gasteiger partial charge in [0.25, 0.3) is 5.91 Å². The Bertz CT molecular complexity index is 1820. The van der Waals surface area contributed by atoms with Crippen LogP contribution in [0.25, 0.3) is 22.3 Å². The molecular weight excluding hydrogens is 605 g/mol. The summed E-state index contributed by atoms with van der Waals surface area (Å²) in [5.74, 6) is 0.00106. The highest BCUT2D eigenvalue weighted by Gasteiger charge is 2.34. The monoisotopic (exact) mass is 639 g/mol. The number of nitrogens with one attached hydrogen (secondary N) is 1. The zero-order valence-electron chi connectivity index (χ0n) is 25.5. The highest BCUT2D eigenvalue weighted by atomic mass is 32.2. The van der Waals surface area contributed by atoms with Gasteiger partial charge in [-0.05, 0) is 75.6 Å². The number of benzene rings is 3. The van der Waals surface area contributed by atoms with Crippen molar-refractivity contribution in [3.8, 4) is 22.8 Å². The Labute approximate surface area is 260 Å². The molecule has 1 aliphatic rings. The Kier molecular flexibility index (Phi) is 9.14. The van der Waals surface area contributed by atoms with Crippen molar-refractivity contribution in [2.75, 3.05) is 51.4 Å². The van der Waals surface area contributed by atoms with E-state index in [1.165, 1.54) is 35.6 Å². The third-order valence-corrected chi connectivity index (χ3v) is 8.35. The molecule has 11 nitrogen and oxygen atoms in total. The lowest BCUT2D eigenvalue weighted by atomic mass is 10.0. The standard InChI is InChI=1S/C32H34FN3O8S/c1-19-25-14-26-28(15-27(25)36(45(5,39)40)16-24(42-19)18-41-29(37)17-35(3)4)44-31(30(26)32(38)34-2)20-6-10-22(11-7-20)43-23-12-8-21(33)9-13-23/h6-15,19,24H,16-18H2,1-5H3,(H,34,38)/t19-,24-/m0/s1. The lowest BCUT2D eigenvalue weighted by molar-refractivity contribution is -0.149. The summed E-state index contributed by atoms with van der Waals surface area (Å²) in [7, 11) is 1.18. The molecule has 0 radical (unpaired) electrons. The van der Waals surface area contributed by atoms with Crippen molar-refractivity contribution in [1.82, 2.24) is 10.2 Å². The van der Waals surface area contributed by atoms with Gasteiger partial charge in [-0.1, -0.05) is 0 Å². The minimum Gasteiger partial charge on any atom is -0.462 e. The van der Waals surface area contributed by atoms with Gasteiger partial charge in [0.2, 0.25) is 10.0 Å². The number of amides is 1. The fraction of sp³-hybridized carbons (Fsp3) is 0.312. The molecule has 1 aliphatic heterocycles. The van der Waals surface area contributed by atoms with E-state index in [1.807, 2.05) is 0 Å². The molecule has 1 amide bonds. The number of halogens is 1. The topological polar surface area (TPSA) is 128 Å². The normalized spacial score (nSPS) is 16.7. The summed E-state index contributed by atoms with van der Waals surface area (Å²) in [5.41, 5.74) is 2.00. The fourth-order valence-electron chi connectivity index (χ4n) is 5.14. The van der Waals surface area contributed by atoms with E-state index >= 15 is 0 Å². The van der Waals surface area contributed by atoms with Crippen LogP contribution in [0, 0.1) is 5.82 Å². The van der Waals surface area contributed by atoms with Crippen LogP contribution in [0.5, 0.6) is 11.5 Å². The molecule has 45 heavy (non-hydrogen) atoms. The highest BCUT2D eigenvalue weighted by Crippen LogP contribution is 2.42. The average Bonchev–Trinajstić information content (AvgIpc) is 3.29. The maximum atomic E-state index is 13.3. The molecule has 0 aliphatic carbocycles. The van der Waals surface area contributed by atoms with Gasteiger partial charge in [0.05, 0.1) is 36.7 Å². The number of ether oxygens (including phenoxy) is 3. The first-order valence-electron chi connectivity index (χ1n) is 14.1. The van der Waals surface area contributed by atoms with Crippen LogP contribution in [0.2, 0.25) is 0 Å². The van der Waals surface area contributed by atoms with Gasteiger partial charge in [0, 0.05) is 29.6 Å². The zero-order valence-corrected chi connectivity index (χ0v) is 26.3. The first-order chi connectivity index (χ1) is 21.3. The van der Waals surface area contributed by atoms with Gasteiger partial charge >= 0.3 is 5.97 Å². The molecule has 2 atom stereocenters. The first-order valence-corrected chi connectivity index (χ1v) is 16.0. The predicted octanol–water partition coefficient (Wildman–Crippen LogP) is 4.72. The minimum atomic E-state index is -3.81. The number of fused-ring (bicyclic) bond motifs is 2. The lowest BCUT2D eigenvalue weighted by Gasteiger charge is -2.24. The fourth-order valence-corrected chi connectivity index (χ4v) is 6.09. The second-order valence-electron chi connectivity index (χ2n) is 11.0. The van der Waals surface area contributed by atoms with Crippen molar-refractivity contribution in [2.45, 2.75) is 19.1 Å². The van der Waals surface area contributed by atoms with Gasteiger partial charge < -0.3 is 23.9 Å². The summed E-state index contributed by atoms with van der Waals surface area (Å²) in [5, 5.41) is 3.13. The van der Waals surface area contributed by atoms with E-state index in [2.05, 4.69) is 5.32 Å². The smallest absolute Gasteiger partial charge is 0.320 e. The Morgan fingerprint density at radius 2 is 1.71 bits per heavy atom. The molecule has 4 aromatic rings. The maximum Gasteiger partial charge on any atom is 0.320 e. The number of esters is 1. The van der Waals surface area contributed by atoms with Crippen LogP contribution in [-0.2, 0) is 24.3 Å². The van der Waals surface area contributed by atoms with Gasteiger partial charge in [-0.15, -0.1) is 0 Å². The van der Waals surface area contributed by atoms with Crippen LogP contribution in [0.3, 0.4) is 0 Å². The summed E-state index contributed by atoms with van der Waals surface area (Å²) in [6, 6.07) is 15.8. The van der Waals surface area contributed by atoms with Crippen molar-refractivity contribution in [3.05, 3.63) is 77.6 Å². The van der Waals surface area contributed by atoms with Crippen LogP contribution in [0.15, 0.2) is 65.1 Å². The van der Waals surface area contributed by atoms with Crippen LogP contribution >= 0.6 is 0 Å². The van der Waals surface area contributed by atoms with Gasteiger partial charge in [-0.2, -0.15) is 0 Å². The quantitative estimate of drug-likeness (QED) is 0.259. The second-order valence-corrected chi connectivity index (χ2v) is 12.9. The third-order valence-electron chi connectivity index (χ3n) is 7.21. The molecule has 13 heteroatoms. The predicted molar refractivity (Wildman–Crippen MR) is 167 cm³/mol. The van der Waals surface area contributed by atoms with Crippen molar-refractivity contribution < 1.29 is 41.0 Å². The van der Waals surface area contributed by atoms with E-state index in [0.29, 0.717) is 39.3 Å². The zero-order chi connectivity index (χ0) is 32.5. The Morgan fingerprint density at radius 3 is 2.31 bits per heavy atom. The van der Waals surface area contributed by atoms with E-state index in [1.54, 1.807) is 62.3 Å². The van der Waals surface area contributed by atoms with Crippen molar-refractivity contribution >= 4 is 38.6 Å². The van der Waals surface area contributed by atoms with Crippen molar-refractivity contribution in [3.63, 3.8) is 0 Å². The largest absolute Gasteiger partial charge is 0.462 e. The number of carbonyl (C=O) groups excluding carboxylic acids is 2. The molecule has 0 spiro atoms. The molecule has 3 aromatic carbocycles. The van der Waals surface area contributed by atoms with Gasteiger partial charge in [0.15, 0.2) is 0 Å². The molecule has 238 valence electrons.